The molecule has 3 fully saturated rings. The van der Waals surface area contributed by atoms with Crippen LogP contribution in [-0.2, 0) is 38.1 Å². The molecule has 248 valence electrons. The summed E-state index contributed by atoms with van der Waals surface area (Å²) in [5.74, 6) is -0.184. The van der Waals surface area contributed by atoms with E-state index in [1.54, 1.807) is 21.7 Å². The maximum absolute atomic E-state index is 13.7. The number of likely N-dealkylation sites (tertiary alicyclic amines) is 1. The van der Waals surface area contributed by atoms with Crippen molar-refractivity contribution in [2.75, 3.05) is 46.8 Å². The molecule has 45 heavy (non-hydrogen) atoms. The molecule has 3 aliphatic rings. The van der Waals surface area contributed by atoms with Crippen LogP contribution in [0.25, 0.3) is 11.0 Å². The summed E-state index contributed by atoms with van der Waals surface area (Å²) in [5.41, 5.74) is 1.38. The molecular formula is C31H47N7O6S. The number of hydrogen-bond acceptors (Lipinski definition) is 7. The van der Waals surface area contributed by atoms with Crippen molar-refractivity contribution in [3.63, 3.8) is 0 Å². The zero-order chi connectivity index (χ0) is 32.4. The minimum Gasteiger partial charge on any atom is -0.359 e. The Balaban J connectivity index is 1.23. The van der Waals surface area contributed by atoms with Crippen LogP contribution >= 0.6 is 0 Å². The van der Waals surface area contributed by atoms with Crippen molar-refractivity contribution in [3.05, 3.63) is 34.2 Å². The first-order valence-electron chi connectivity index (χ1n) is 16.1. The van der Waals surface area contributed by atoms with Gasteiger partial charge in [0.25, 0.3) is 10.2 Å². The van der Waals surface area contributed by atoms with E-state index in [4.69, 9.17) is 0 Å². The molecule has 14 heteroatoms. The number of carbonyl (C=O) groups excluding carboxylic acids is 3. The second-order valence-corrected chi connectivity index (χ2v) is 14.6. The quantitative estimate of drug-likeness (QED) is 0.327. The first-order chi connectivity index (χ1) is 21.6. The van der Waals surface area contributed by atoms with Crippen molar-refractivity contribution in [2.45, 2.75) is 81.8 Å². The van der Waals surface area contributed by atoms with Crippen molar-refractivity contribution < 1.29 is 22.8 Å². The SMILES string of the molecule is CNC(=O)CCC(C=O)n1c(=O)n(C)c2c(CCCC(=O)N3CCC4(CCCN4S(=O)(=O)N4CCC(NC)CC4)C3)cccc21. The molecule has 2 N–H and O–H groups in total. The highest BCUT2D eigenvalue weighted by Gasteiger charge is 2.53. The van der Waals surface area contributed by atoms with Crippen molar-refractivity contribution in [3.8, 4) is 0 Å². The van der Waals surface area contributed by atoms with Gasteiger partial charge in [-0.15, -0.1) is 0 Å². The van der Waals surface area contributed by atoms with Gasteiger partial charge >= 0.3 is 5.69 Å². The summed E-state index contributed by atoms with van der Waals surface area (Å²) in [6.45, 7) is 2.49. The standard InChI is InChI=1S/C31H47N7O6S/c1-32-24-13-18-36(19-14-24)45(43,44)37-17-6-15-31(37)16-20-35(22-31)28(41)10-5-8-23-7-4-9-26-29(23)34(3)30(42)38(26)25(21-39)11-12-27(40)33-2/h4,7,9,21,24-25,32H,5-6,8,10-20,22H2,1-3H3,(H,33,40). The van der Waals surface area contributed by atoms with Gasteiger partial charge in [0.1, 0.15) is 6.29 Å². The Morgan fingerprint density at radius 3 is 2.53 bits per heavy atom. The number of nitrogens with zero attached hydrogens (tertiary/aromatic N) is 5. The van der Waals surface area contributed by atoms with Crippen molar-refractivity contribution in [1.29, 1.82) is 0 Å². The number of hydrogen-bond donors (Lipinski definition) is 2. The predicted molar refractivity (Wildman–Crippen MR) is 171 cm³/mol. The Kier molecular flexibility index (Phi) is 10.2. The number of carbonyl (C=O) groups is 3. The van der Waals surface area contributed by atoms with Crippen LogP contribution in [0, 0.1) is 0 Å². The van der Waals surface area contributed by atoms with Gasteiger partial charge in [-0.1, -0.05) is 12.1 Å². The van der Waals surface area contributed by atoms with Crippen LogP contribution in [0.5, 0.6) is 0 Å². The molecule has 2 amide bonds. The third-order valence-corrected chi connectivity index (χ3v) is 12.3. The molecule has 0 saturated carbocycles. The van der Waals surface area contributed by atoms with Gasteiger partial charge in [0.05, 0.1) is 22.6 Å². The molecular weight excluding hydrogens is 598 g/mol. The van der Waals surface area contributed by atoms with Crippen LogP contribution in [0.2, 0.25) is 0 Å². The molecule has 3 aliphatic heterocycles. The van der Waals surface area contributed by atoms with Gasteiger partial charge in [0.2, 0.25) is 11.8 Å². The molecule has 0 aliphatic carbocycles. The fourth-order valence-electron chi connectivity index (χ4n) is 7.56. The lowest BCUT2D eigenvalue weighted by Gasteiger charge is -2.39. The van der Waals surface area contributed by atoms with Crippen LogP contribution in [0.4, 0.5) is 0 Å². The molecule has 3 saturated heterocycles. The number of fused-ring (bicyclic) bond motifs is 1. The number of aldehydes is 1. The number of imidazole rings is 1. The Morgan fingerprint density at radius 2 is 1.84 bits per heavy atom. The summed E-state index contributed by atoms with van der Waals surface area (Å²) in [7, 11) is 1.52. The summed E-state index contributed by atoms with van der Waals surface area (Å²) in [5, 5.41) is 5.79. The number of piperidine rings is 1. The summed E-state index contributed by atoms with van der Waals surface area (Å²) in [6, 6.07) is 5.15. The third kappa shape index (κ3) is 6.47. The molecule has 2 aromatic rings. The maximum Gasteiger partial charge on any atom is 0.329 e. The van der Waals surface area contributed by atoms with Gasteiger partial charge in [-0.2, -0.15) is 17.0 Å². The number of para-hydroxylation sites is 1. The van der Waals surface area contributed by atoms with Crippen LogP contribution in [0.15, 0.2) is 23.0 Å². The first kappa shape index (κ1) is 33.3. The van der Waals surface area contributed by atoms with Gasteiger partial charge in [0, 0.05) is 65.7 Å². The summed E-state index contributed by atoms with van der Waals surface area (Å²) < 4.78 is 33.7. The van der Waals surface area contributed by atoms with E-state index >= 15 is 0 Å². The lowest BCUT2D eigenvalue weighted by atomic mass is 9.97. The topological polar surface area (TPSA) is 146 Å². The molecule has 2 unspecified atom stereocenters. The average molecular weight is 646 g/mol. The molecule has 1 aromatic carbocycles. The zero-order valence-corrected chi connectivity index (χ0v) is 27.5. The summed E-state index contributed by atoms with van der Waals surface area (Å²) >= 11 is 0. The second kappa shape index (κ2) is 13.7. The molecule has 5 rings (SSSR count). The van der Waals surface area contributed by atoms with E-state index in [1.165, 1.54) is 16.2 Å². The van der Waals surface area contributed by atoms with Crippen molar-refractivity contribution in [2.24, 2.45) is 7.05 Å². The van der Waals surface area contributed by atoms with E-state index in [-0.39, 0.29) is 30.3 Å². The number of aromatic nitrogens is 2. The van der Waals surface area contributed by atoms with Crippen molar-refractivity contribution >= 4 is 39.3 Å². The van der Waals surface area contributed by atoms with Gasteiger partial charge in [-0.05, 0) is 70.0 Å². The van der Waals surface area contributed by atoms with Gasteiger partial charge in [0.15, 0.2) is 0 Å². The molecule has 0 radical (unpaired) electrons. The predicted octanol–water partition coefficient (Wildman–Crippen LogP) is 0.924. The summed E-state index contributed by atoms with van der Waals surface area (Å²) in [4.78, 5) is 52.2. The van der Waals surface area contributed by atoms with Crippen LogP contribution < -0.4 is 16.3 Å². The minimum absolute atomic E-state index is 0.0137. The number of amides is 2. The lowest BCUT2D eigenvalue weighted by Crippen LogP contribution is -2.56. The highest BCUT2D eigenvalue weighted by Crippen LogP contribution is 2.41. The Labute approximate surface area is 265 Å². The van der Waals surface area contributed by atoms with Crippen LogP contribution in [-0.4, -0.2) is 108 Å². The number of nitrogens with one attached hydrogen (secondary N) is 2. The second-order valence-electron chi connectivity index (χ2n) is 12.7. The van der Waals surface area contributed by atoms with E-state index < -0.39 is 21.8 Å². The smallest absolute Gasteiger partial charge is 0.329 e. The Bertz CT molecular complexity index is 1580. The molecule has 1 aromatic heterocycles. The first-order valence-corrected chi connectivity index (χ1v) is 17.5. The monoisotopic (exact) mass is 645 g/mol. The number of benzene rings is 1. The van der Waals surface area contributed by atoms with E-state index in [2.05, 4.69) is 10.6 Å². The molecule has 4 heterocycles. The fourth-order valence-corrected chi connectivity index (χ4v) is 9.60. The highest BCUT2D eigenvalue weighted by molar-refractivity contribution is 7.86. The average Bonchev–Trinajstić information content (AvgIpc) is 3.75. The Hall–Kier alpha value is -3.07. The van der Waals surface area contributed by atoms with Gasteiger partial charge in [-0.3, -0.25) is 18.7 Å². The number of rotatable bonds is 12. The fraction of sp³-hybridized carbons (Fsp3) is 0.677. The molecule has 0 bridgehead atoms. The molecule has 1 spiro atoms. The maximum atomic E-state index is 13.7. The van der Waals surface area contributed by atoms with Crippen LogP contribution in [0.3, 0.4) is 0 Å². The van der Waals surface area contributed by atoms with E-state index in [9.17, 15) is 27.6 Å². The van der Waals surface area contributed by atoms with E-state index in [0.29, 0.717) is 81.8 Å². The zero-order valence-electron chi connectivity index (χ0n) is 26.7. The lowest BCUT2D eigenvalue weighted by molar-refractivity contribution is -0.130. The number of aryl methyl sites for hydroxylation is 2. The van der Waals surface area contributed by atoms with Gasteiger partial charge in [-0.25, -0.2) is 4.79 Å². The van der Waals surface area contributed by atoms with Gasteiger partial charge < -0.3 is 20.3 Å². The van der Waals surface area contributed by atoms with Crippen molar-refractivity contribution in [1.82, 2.24) is 33.3 Å². The largest absolute Gasteiger partial charge is 0.359 e. The molecule has 2 atom stereocenters. The summed E-state index contributed by atoms with van der Waals surface area (Å²) in [6.07, 6.45) is 6.30. The van der Waals surface area contributed by atoms with E-state index in [1.807, 2.05) is 24.1 Å². The third-order valence-electron chi connectivity index (χ3n) is 10.1. The molecule has 13 nitrogen and oxygen atoms in total. The van der Waals surface area contributed by atoms with Crippen LogP contribution in [0.1, 0.15) is 69.4 Å². The highest BCUT2D eigenvalue weighted by atomic mass is 32.2. The Morgan fingerprint density at radius 1 is 1.09 bits per heavy atom. The minimum atomic E-state index is -3.60. The van der Waals surface area contributed by atoms with E-state index in [0.717, 1.165) is 31.2 Å². The normalized spacial score (nSPS) is 22.4.